The van der Waals surface area contributed by atoms with E-state index in [1.54, 1.807) is 7.11 Å². The molecule has 0 fully saturated rings. The Balaban J connectivity index is 1.96. The summed E-state index contributed by atoms with van der Waals surface area (Å²) in [6, 6.07) is 22.3. The minimum Gasteiger partial charge on any atom is -0.496 e. The molecular formula is C21H20OS. The van der Waals surface area contributed by atoms with E-state index in [-0.39, 0.29) is 0 Å². The Morgan fingerprint density at radius 2 is 1.22 bits per heavy atom. The van der Waals surface area contributed by atoms with Gasteiger partial charge >= 0.3 is 0 Å². The summed E-state index contributed by atoms with van der Waals surface area (Å²) in [7, 11) is 1.27. The van der Waals surface area contributed by atoms with Gasteiger partial charge in [-0.15, -0.1) is 0 Å². The third kappa shape index (κ3) is 2.17. The SMILES string of the molecule is COc1c(C)cc([SH]2c3ccccc3-c3ccccc32)cc1C. The molecule has 0 unspecified atom stereocenters. The van der Waals surface area contributed by atoms with Crippen molar-refractivity contribution in [3.63, 3.8) is 0 Å². The van der Waals surface area contributed by atoms with Crippen LogP contribution in [-0.2, 0) is 0 Å². The lowest BCUT2D eigenvalue weighted by Gasteiger charge is -2.21. The molecule has 0 amide bonds. The summed E-state index contributed by atoms with van der Waals surface area (Å²) in [6.07, 6.45) is 0. The van der Waals surface area contributed by atoms with Gasteiger partial charge in [0.05, 0.1) is 7.11 Å². The van der Waals surface area contributed by atoms with Crippen molar-refractivity contribution in [3.8, 4) is 16.9 Å². The molecule has 2 heteroatoms. The molecule has 1 nitrogen and oxygen atoms in total. The third-order valence-electron chi connectivity index (χ3n) is 4.49. The van der Waals surface area contributed by atoms with Gasteiger partial charge in [-0.25, -0.2) is 0 Å². The molecule has 0 atom stereocenters. The van der Waals surface area contributed by atoms with E-state index in [4.69, 9.17) is 4.74 Å². The van der Waals surface area contributed by atoms with Gasteiger partial charge in [0.15, 0.2) is 0 Å². The van der Waals surface area contributed by atoms with E-state index in [0.29, 0.717) is 0 Å². The van der Waals surface area contributed by atoms with Crippen LogP contribution in [0.4, 0.5) is 0 Å². The van der Waals surface area contributed by atoms with Crippen LogP contribution in [0.3, 0.4) is 0 Å². The molecule has 0 N–H and O–H groups in total. The number of ether oxygens (including phenoxy) is 1. The van der Waals surface area contributed by atoms with Crippen LogP contribution in [0.15, 0.2) is 75.4 Å². The molecule has 1 heterocycles. The normalized spacial score (nSPS) is 13.6. The zero-order valence-corrected chi connectivity index (χ0v) is 14.5. The van der Waals surface area contributed by atoms with Crippen molar-refractivity contribution < 1.29 is 4.74 Å². The van der Waals surface area contributed by atoms with Crippen molar-refractivity contribution in [1.29, 1.82) is 0 Å². The van der Waals surface area contributed by atoms with E-state index in [0.717, 1.165) is 5.75 Å². The smallest absolute Gasteiger partial charge is 0.124 e. The molecular weight excluding hydrogens is 300 g/mol. The van der Waals surface area contributed by atoms with Gasteiger partial charge in [-0.3, -0.25) is 0 Å². The summed E-state index contributed by atoms with van der Waals surface area (Å²) in [5.41, 5.74) is 5.21. The number of benzene rings is 3. The van der Waals surface area contributed by atoms with Crippen molar-refractivity contribution in [3.05, 3.63) is 71.8 Å². The Labute approximate surface area is 140 Å². The standard InChI is InChI=1S/C21H20OS/c1-14-12-16(13-15(2)21(14)22-3)23-19-10-6-4-8-17(19)18-9-5-7-11-20(18)23/h4-13,23H,1-3H3. The number of rotatable bonds is 2. The first kappa shape index (κ1) is 14.4. The minimum atomic E-state index is -0.477. The van der Waals surface area contributed by atoms with Crippen LogP contribution in [0.2, 0.25) is 0 Å². The zero-order chi connectivity index (χ0) is 16.0. The molecule has 0 radical (unpaired) electrons. The largest absolute Gasteiger partial charge is 0.496 e. The molecule has 0 saturated heterocycles. The first-order valence-corrected chi connectivity index (χ1v) is 9.18. The van der Waals surface area contributed by atoms with Gasteiger partial charge in [-0.05, 0) is 65.3 Å². The maximum atomic E-state index is 5.54. The van der Waals surface area contributed by atoms with E-state index in [9.17, 15) is 0 Å². The highest BCUT2D eigenvalue weighted by atomic mass is 32.2. The molecule has 0 aliphatic carbocycles. The second-order valence-corrected chi connectivity index (χ2v) is 8.13. The van der Waals surface area contributed by atoms with Crippen LogP contribution in [0.1, 0.15) is 11.1 Å². The summed E-state index contributed by atoms with van der Waals surface area (Å²) in [6.45, 7) is 4.27. The van der Waals surface area contributed by atoms with Gasteiger partial charge in [0.2, 0.25) is 0 Å². The maximum absolute atomic E-state index is 5.54. The number of methoxy groups -OCH3 is 1. The molecule has 23 heavy (non-hydrogen) atoms. The molecule has 0 aromatic heterocycles. The number of aryl methyl sites for hydroxylation is 2. The van der Waals surface area contributed by atoms with E-state index in [2.05, 4.69) is 74.5 Å². The highest BCUT2D eigenvalue weighted by molar-refractivity contribution is 8.17. The van der Waals surface area contributed by atoms with Crippen molar-refractivity contribution >= 4 is 10.9 Å². The predicted octanol–water partition coefficient (Wildman–Crippen LogP) is 5.77. The lowest BCUT2D eigenvalue weighted by Crippen LogP contribution is -1.93. The van der Waals surface area contributed by atoms with Crippen LogP contribution < -0.4 is 4.74 Å². The molecule has 1 aliphatic rings. The summed E-state index contributed by atoms with van der Waals surface area (Å²) in [5, 5.41) is 0. The lowest BCUT2D eigenvalue weighted by atomic mass is 10.1. The Kier molecular flexibility index (Phi) is 3.42. The molecule has 0 spiro atoms. The van der Waals surface area contributed by atoms with Gasteiger partial charge in [0, 0.05) is 9.79 Å². The van der Waals surface area contributed by atoms with Gasteiger partial charge in [-0.2, -0.15) is 10.9 Å². The average Bonchev–Trinajstić information content (AvgIpc) is 2.89. The zero-order valence-electron chi connectivity index (χ0n) is 13.6. The number of hydrogen-bond donors (Lipinski definition) is 1. The Bertz CT molecular complexity index is 829. The topological polar surface area (TPSA) is 9.23 Å². The number of thiol groups is 1. The van der Waals surface area contributed by atoms with Crippen molar-refractivity contribution in [2.24, 2.45) is 0 Å². The molecule has 0 saturated carbocycles. The van der Waals surface area contributed by atoms with Crippen molar-refractivity contribution in [1.82, 2.24) is 0 Å². The highest BCUT2D eigenvalue weighted by Gasteiger charge is 2.27. The molecule has 116 valence electrons. The summed E-state index contributed by atoms with van der Waals surface area (Å²) < 4.78 is 5.54. The summed E-state index contributed by atoms with van der Waals surface area (Å²) in [5.74, 6) is 1.00. The third-order valence-corrected chi connectivity index (χ3v) is 7.01. The first-order valence-electron chi connectivity index (χ1n) is 7.84. The predicted molar refractivity (Wildman–Crippen MR) is 98.1 cm³/mol. The van der Waals surface area contributed by atoms with Crippen LogP contribution >= 0.6 is 10.9 Å². The fourth-order valence-electron chi connectivity index (χ4n) is 3.58. The van der Waals surface area contributed by atoms with Crippen LogP contribution in [-0.4, -0.2) is 7.11 Å². The molecule has 1 aliphatic heterocycles. The van der Waals surface area contributed by atoms with Gasteiger partial charge < -0.3 is 4.74 Å². The summed E-state index contributed by atoms with van der Waals surface area (Å²) >= 11 is 0. The monoisotopic (exact) mass is 320 g/mol. The van der Waals surface area contributed by atoms with E-state index < -0.39 is 10.9 Å². The second-order valence-electron chi connectivity index (χ2n) is 5.98. The van der Waals surface area contributed by atoms with Crippen LogP contribution in [0.25, 0.3) is 11.1 Å². The first-order chi connectivity index (χ1) is 11.2. The molecule has 3 aromatic rings. The van der Waals surface area contributed by atoms with Crippen LogP contribution in [0.5, 0.6) is 5.75 Å². The van der Waals surface area contributed by atoms with E-state index >= 15 is 0 Å². The Hall–Kier alpha value is -2.19. The van der Waals surface area contributed by atoms with Crippen LogP contribution in [0, 0.1) is 13.8 Å². The van der Waals surface area contributed by atoms with Gasteiger partial charge in [0.1, 0.15) is 5.75 Å². The quantitative estimate of drug-likeness (QED) is 0.461. The Morgan fingerprint density at radius 3 is 1.70 bits per heavy atom. The van der Waals surface area contributed by atoms with E-state index in [1.807, 2.05) is 0 Å². The maximum Gasteiger partial charge on any atom is 0.124 e. The molecule has 0 bridgehead atoms. The molecule has 4 rings (SSSR count). The number of hydrogen-bond acceptors (Lipinski definition) is 1. The van der Waals surface area contributed by atoms with Crippen molar-refractivity contribution in [2.75, 3.05) is 7.11 Å². The Morgan fingerprint density at radius 1 is 0.739 bits per heavy atom. The average molecular weight is 320 g/mol. The van der Waals surface area contributed by atoms with E-state index in [1.165, 1.54) is 36.9 Å². The minimum absolute atomic E-state index is 0.477. The van der Waals surface area contributed by atoms with Gasteiger partial charge in [0.25, 0.3) is 0 Å². The van der Waals surface area contributed by atoms with Crippen molar-refractivity contribution in [2.45, 2.75) is 28.5 Å². The fourth-order valence-corrected chi connectivity index (χ4v) is 6.38. The molecule has 3 aromatic carbocycles. The fraction of sp³-hybridized carbons (Fsp3) is 0.143. The highest BCUT2D eigenvalue weighted by Crippen LogP contribution is 2.62. The second kappa shape index (κ2) is 5.47. The number of fused-ring (bicyclic) bond motifs is 3. The summed E-state index contributed by atoms with van der Waals surface area (Å²) in [4.78, 5) is 4.34. The van der Waals surface area contributed by atoms with Gasteiger partial charge in [-0.1, -0.05) is 36.4 Å². The lowest BCUT2D eigenvalue weighted by molar-refractivity contribution is 0.408.